The lowest BCUT2D eigenvalue weighted by atomic mass is 9.86. The van der Waals surface area contributed by atoms with Crippen LogP contribution in [0.1, 0.15) is 39.2 Å². The number of carbonyl (C=O) groups excluding carboxylic acids is 1. The van der Waals surface area contributed by atoms with Crippen molar-refractivity contribution < 1.29 is 14.7 Å². The topological polar surface area (TPSA) is 78.4 Å². The summed E-state index contributed by atoms with van der Waals surface area (Å²) in [5, 5.41) is 14.0. The highest BCUT2D eigenvalue weighted by Gasteiger charge is 2.18. The number of aliphatic carboxylic acids is 1. The molecule has 2 amide bonds. The summed E-state index contributed by atoms with van der Waals surface area (Å²) >= 11 is 0. The number of amides is 2. The molecule has 0 heterocycles. The normalized spacial score (nSPS) is 10.9. The summed E-state index contributed by atoms with van der Waals surface area (Å²) in [6.45, 7) is 6.59. The lowest BCUT2D eigenvalue weighted by Gasteiger charge is -2.23. The van der Waals surface area contributed by atoms with E-state index in [4.69, 9.17) is 5.11 Å². The van der Waals surface area contributed by atoms with Crippen molar-refractivity contribution >= 4 is 17.7 Å². The van der Waals surface area contributed by atoms with E-state index < -0.39 is 5.97 Å². The van der Waals surface area contributed by atoms with E-state index in [0.717, 1.165) is 11.3 Å². The molecule has 0 aliphatic heterocycles. The Hall–Kier alpha value is -2.04. The van der Waals surface area contributed by atoms with E-state index in [2.05, 4.69) is 31.4 Å². The molecule has 0 unspecified atom stereocenters. The van der Waals surface area contributed by atoms with Gasteiger partial charge >= 0.3 is 12.0 Å². The highest BCUT2D eigenvalue weighted by molar-refractivity contribution is 5.90. The number of carboxylic acids is 1. The molecule has 0 fully saturated rings. The van der Waals surface area contributed by atoms with E-state index in [0.29, 0.717) is 13.0 Å². The third-order valence-corrected chi connectivity index (χ3v) is 2.84. The van der Waals surface area contributed by atoms with Crippen molar-refractivity contribution in [1.29, 1.82) is 0 Å². The largest absolute Gasteiger partial charge is 0.481 e. The van der Waals surface area contributed by atoms with Crippen LogP contribution < -0.4 is 10.6 Å². The SMILES string of the molecule is CC(C)(C)c1ccccc1NC(=O)NCCCC(=O)O. The molecule has 20 heavy (non-hydrogen) atoms. The van der Waals surface area contributed by atoms with Crippen LogP contribution >= 0.6 is 0 Å². The molecule has 5 nitrogen and oxygen atoms in total. The highest BCUT2D eigenvalue weighted by atomic mass is 16.4. The Balaban J connectivity index is 2.56. The fraction of sp³-hybridized carbons (Fsp3) is 0.467. The number of hydrogen-bond acceptors (Lipinski definition) is 2. The zero-order valence-corrected chi connectivity index (χ0v) is 12.2. The van der Waals surface area contributed by atoms with E-state index in [-0.39, 0.29) is 17.9 Å². The van der Waals surface area contributed by atoms with E-state index in [1.165, 1.54) is 0 Å². The summed E-state index contributed by atoms with van der Waals surface area (Å²) in [7, 11) is 0. The summed E-state index contributed by atoms with van der Waals surface area (Å²) in [5.74, 6) is -0.856. The van der Waals surface area contributed by atoms with Crippen LogP contribution in [0.3, 0.4) is 0 Å². The van der Waals surface area contributed by atoms with E-state index in [1.807, 2.05) is 24.3 Å². The fourth-order valence-corrected chi connectivity index (χ4v) is 1.85. The number of benzene rings is 1. The van der Waals surface area contributed by atoms with Gasteiger partial charge in [-0.25, -0.2) is 4.79 Å². The fourth-order valence-electron chi connectivity index (χ4n) is 1.85. The Morgan fingerprint density at radius 2 is 1.85 bits per heavy atom. The maximum atomic E-state index is 11.8. The average molecular weight is 278 g/mol. The van der Waals surface area contributed by atoms with Gasteiger partial charge < -0.3 is 15.7 Å². The summed E-state index contributed by atoms with van der Waals surface area (Å²) in [6, 6.07) is 7.34. The third kappa shape index (κ3) is 5.30. The quantitative estimate of drug-likeness (QED) is 0.724. The van der Waals surface area contributed by atoms with Crippen LogP contribution in [0.4, 0.5) is 10.5 Å². The number of urea groups is 1. The van der Waals surface area contributed by atoms with Gasteiger partial charge in [-0.3, -0.25) is 4.79 Å². The molecule has 5 heteroatoms. The second-order valence-corrected chi connectivity index (χ2v) is 5.67. The molecule has 0 spiro atoms. The lowest BCUT2D eigenvalue weighted by Crippen LogP contribution is -2.31. The summed E-state index contributed by atoms with van der Waals surface area (Å²) in [4.78, 5) is 22.1. The molecule has 0 aromatic heterocycles. The van der Waals surface area contributed by atoms with Crippen molar-refractivity contribution in [2.75, 3.05) is 11.9 Å². The van der Waals surface area contributed by atoms with Crippen molar-refractivity contribution in [3.05, 3.63) is 29.8 Å². The molecule has 0 atom stereocenters. The Morgan fingerprint density at radius 1 is 1.20 bits per heavy atom. The van der Waals surface area contributed by atoms with Crippen LogP contribution in [-0.4, -0.2) is 23.7 Å². The van der Waals surface area contributed by atoms with Crippen molar-refractivity contribution in [1.82, 2.24) is 5.32 Å². The maximum Gasteiger partial charge on any atom is 0.319 e. The second-order valence-electron chi connectivity index (χ2n) is 5.67. The Bertz CT molecular complexity index is 478. The average Bonchev–Trinajstić information content (AvgIpc) is 2.34. The van der Waals surface area contributed by atoms with Gasteiger partial charge in [-0.15, -0.1) is 0 Å². The monoisotopic (exact) mass is 278 g/mol. The van der Waals surface area contributed by atoms with E-state index >= 15 is 0 Å². The van der Waals surface area contributed by atoms with E-state index in [9.17, 15) is 9.59 Å². The Kier molecular flexibility index (Phi) is 5.55. The maximum absolute atomic E-state index is 11.8. The van der Waals surface area contributed by atoms with Gasteiger partial charge in [-0.2, -0.15) is 0 Å². The standard InChI is InChI=1S/C15H22N2O3/c1-15(2,3)11-7-4-5-8-12(11)17-14(20)16-10-6-9-13(18)19/h4-5,7-8H,6,9-10H2,1-3H3,(H,18,19)(H2,16,17,20). The summed E-state index contributed by atoms with van der Waals surface area (Å²) < 4.78 is 0. The summed E-state index contributed by atoms with van der Waals surface area (Å²) in [6.07, 6.45) is 0.475. The summed E-state index contributed by atoms with van der Waals surface area (Å²) in [5.41, 5.74) is 1.77. The first kappa shape index (κ1) is 16.0. The van der Waals surface area contributed by atoms with Crippen LogP contribution in [0, 0.1) is 0 Å². The van der Waals surface area contributed by atoms with Crippen molar-refractivity contribution in [3.63, 3.8) is 0 Å². The first-order valence-corrected chi connectivity index (χ1v) is 6.67. The molecule has 110 valence electrons. The molecule has 3 N–H and O–H groups in total. The molecule has 0 aliphatic rings. The highest BCUT2D eigenvalue weighted by Crippen LogP contribution is 2.29. The number of hydrogen-bond donors (Lipinski definition) is 3. The van der Waals surface area contributed by atoms with Gasteiger partial charge in [0.1, 0.15) is 0 Å². The zero-order chi connectivity index (χ0) is 15.2. The third-order valence-electron chi connectivity index (χ3n) is 2.84. The van der Waals surface area contributed by atoms with Crippen molar-refractivity contribution in [3.8, 4) is 0 Å². The van der Waals surface area contributed by atoms with Gasteiger partial charge in [0.25, 0.3) is 0 Å². The minimum atomic E-state index is -0.856. The van der Waals surface area contributed by atoms with Gasteiger partial charge in [0.2, 0.25) is 0 Å². The number of carbonyl (C=O) groups is 2. The molecule has 0 radical (unpaired) electrons. The number of para-hydroxylation sites is 1. The van der Waals surface area contributed by atoms with Crippen LogP contribution in [-0.2, 0) is 10.2 Å². The van der Waals surface area contributed by atoms with Crippen LogP contribution in [0.15, 0.2) is 24.3 Å². The van der Waals surface area contributed by atoms with Gasteiger partial charge in [0, 0.05) is 18.7 Å². The molecule has 0 bridgehead atoms. The molecule has 1 aromatic carbocycles. The van der Waals surface area contributed by atoms with Crippen molar-refractivity contribution in [2.45, 2.75) is 39.0 Å². The van der Waals surface area contributed by atoms with Crippen LogP contribution in [0.25, 0.3) is 0 Å². The van der Waals surface area contributed by atoms with Gasteiger partial charge in [0.15, 0.2) is 0 Å². The molecular formula is C15H22N2O3. The molecule has 1 aromatic rings. The minimum absolute atomic E-state index is 0.0544. The van der Waals surface area contributed by atoms with Gasteiger partial charge in [-0.05, 0) is 23.5 Å². The van der Waals surface area contributed by atoms with Crippen LogP contribution in [0.5, 0.6) is 0 Å². The predicted molar refractivity (Wildman–Crippen MR) is 79.0 cm³/mol. The molecule has 0 saturated heterocycles. The lowest BCUT2D eigenvalue weighted by molar-refractivity contribution is -0.137. The molecule has 0 saturated carbocycles. The first-order chi connectivity index (χ1) is 9.30. The van der Waals surface area contributed by atoms with E-state index in [1.54, 1.807) is 0 Å². The number of anilines is 1. The molecule has 1 rings (SSSR count). The smallest absolute Gasteiger partial charge is 0.319 e. The molecular weight excluding hydrogens is 256 g/mol. The Morgan fingerprint density at radius 3 is 2.45 bits per heavy atom. The zero-order valence-electron chi connectivity index (χ0n) is 12.2. The predicted octanol–water partition coefficient (Wildman–Crippen LogP) is 2.97. The first-order valence-electron chi connectivity index (χ1n) is 6.67. The number of carboxylic acid groups (broad SMARTS) is 1. The second kappa shape index (κ2) is 6.93. The molecule has 0 aliphatic carbocycles. The van der Waals surface area contributed by atoms with Crippen LogP contribution in [0.2, 0.25) is 0 Å². The number of nitrogens with one attached hydrogen (secondary N) is 2. The van der Waals surface area contributed by atoms with Gasteiger partial charge in [-0.1, -0.05) is 39.0 Å². The number of rotatable bonds is 5. The van der Waals surface area contributed by atoms with Gasteiger partial charge in [0.05, 0.1) is 0 Å². The van der Waals surface area contributed by atoms with Crippen molar-refractivity contribution in [2.24, 2.45) is 0 Å². The minimum Gasteiger partial charge on any atom is -0.481 e. The Labute approximate surface area is 119 Å².